The van der Waals surface area contributed by atoms with Gasteiger partial charge < -0.3 is 5.32 Å². The van der Waals surface area contributed by atoms with Crippen molar-refractivity contribution in [2.24, 2.45) is 0 Å². The van der Waals surface area contributed by atoms with Crippen molar-refractivity contribution in [3.05, 3.63) is 82.5 Å². The van der Waals surface area contributed by atoms with Gasteiger partial charge in [-0.2, -0.15) is 5.10 Å². The lowest BCUT2D eigenvalue weighted by Gasteiger charge is -2.17. The first-order valence-corrected chi connectivity index (χ1v) is 8.86. The van der Waals surface area contributed by atoms with E-state index in [1.807, 2.05) is 68.4 Å². The smallest absolute Gasteiger partial charge is 0.348 e. The van der Waals surface area contributed by atoms with E-state index in [-0.39, 0.29) is 24.2 Å². The standard InChI is InChI=1S/C21H20N4O2/c1-14-10-11-17-12-22-24(21(27)25(14)17)13-20(26)23-15(2)18-9-5-7-16-6-3-4-8-19(16)18/h3-12,15H,13H2,1-2H3,(H,23,26)/t15-/m0/s1. The Morgan fingerprint density at radius 1 is 1.11 bits per heavy atom. The highest BCUT2D eigenvalue weighted by Crippen LogP contribution is 2.23. The van der Waals surface area contributed by atoms with Gasteiger partial charge in [0.1, 0.15) is 6.54 Å². The zero-order valence-electron chi connectivity index (χ0n) is 15.2. The molecule has 0 aliphatic carbocycles. The van der Waals surface area contributed by atoms with Gasteiger partial charge in [0.05, 0.1) is 17.8 Å². The molecule has 1 atom stereocenters. The first kappa shape index (κ1) is 17.0. The van der Waals surface area contributed by atoms with Crippen LogP contribution in [0.4, 0.5) is 0 Å². The Hall–Kier alpha value is -3.41. The fourth-order valence-corrected chi connectivity index (χ4v) is 3.45. The maximum atomic E-state index is 12.6. The van der Waals surface area contributed by atoms with Crippen LogP contribution in [0.1, 0.15) is 24.2 Å². The van der Waals surface area contributed by atoms with Crippen LogP contribution in [0.25, 0.3) is 16.3 Å². The topological polar surface area (TPSA) is 68.4 Å². The van der Waals surface area contributed by atoms with E-state index < -0.39 is 0 Å². The van der Waals surface area contributed by atoms with E-state index in [1.54, 1.807) is 10.6 Å². The third-order valence-electron chi connectivity index (χ3n) is 4.81. The van der Waals surface area contributed by atoms with E-state index in [0.717, 1.165) is 27.5 Å². The van der Waals surface area contributed by atoms with Gasteiger partial charge in [0, 0.05) is 5.69 Å². The van der Waals surface area contributed by atoms with Crippen LogP contribution in [0, 0.1) is 6.92 Å². The van der Waals surface area contributed by atoms with Crippen molar-refractivity contribution in [2.75, 3.05) is 0 Å². The molecule has 0 aliphatic heterocycles. The van der Waals surface area contributed by atoms with Gasteiger partial charge >= 0.3 is 5.69 Å². The number of hydrogen-bond acceptors (Lipinski definition) is 3. The Labute approximate surface area is 156 Å². The van der Waals surface area contributed by atoms with Crippen LogP contribution in [-0.4, -0.2) is 20.1 Å². The van der Waals surface area contributed by atoms with Crippen molar-refractivity contribution in [3.63, 3.8) is 0 Å². The third kappa shape index (κ3) is 3.10. The first-order chi connectivity index (χ1) is 13.0. The van der Waals surface area contributed by atoms with Gasteiger partial charge in [0.25, 0.3) is 0 Å². The average Bonchev–Trinajstić information content (AvgIpc) is 3.05. The number of hydrogen-bond donors (Lipinski definition) is 1. The van der Waals surface area contributed by atoms with Crippen molar-refractivity contribution in [1.82, 2.24) is 19.5 Å². The summed E-state index contributed by atoms with van der Waals surface area (Å²) in [6.45, 7) is 3.66. The number of rotatable bonds is 4. The summed E-state index contributed by atoms with van der Waals surface area (Å²) in [6.07, 6.45) is 1.59. The molecular formula is C21H20N4O2. The highest BCUT2D eigenvalue weighted by Gasteiger charge is 2.14. The molecule has 4 rings (SSSR count). The highest BCUT2D eigenvalue weighted by molar-refractivity contribution is 5.86. The van der Waals surface area contributed by atoms with Crippen molar-refractivity contribution in [2.45, 2.75) is 26.4 Å². The van der Waals surface area contributed by atoms with E-state index in [1.165, 1.54) is 4.68 Å². The van der Waals surface area contributed by atoms with E-state index >= 15 is 0 Å². The molecule has 2 aromatic heterocycles. The maximum Gasteiger partial charge on any atom is 0.349 e. The van der Waals surface area contributed by atoms with Gasteiger partial charge in [-0.3, -0.25) is 9.20 Å². The lowest BCUT2D eigenvalue weighted by atomic mass is 10.00. The molecule has 0 radical (unpaired) electrons. The summed E-state index contributed by atoms with van der Waals surface area (Å²) in [5.41, 5.74) is 2.26. The molecule has 27 heavy (non-hydrogen) atoms. The second kappa shape index (κ2) is 6.72. The van der Waals surface area contributed by atoms with Crippen LogP contribution in [0.3, 0.4) is 0 Å². The Bertz CT molecular complexity index is 1200. The van der Waals surface area contributed by atoms with Crippen LogP contribution < -0.4 is 11.0 Å². The zero-order chi connectivity index (χ0) is 19.0. The molecule has 6 nitrogen and oxygen atoms in total. The molecule has 1 N–H and O–H groups in total. The molecular weight excluding hydrogens is 340 g/mol. The third-order valence-corrected chi connectivity index (χ3v) is 4.81. The second-order valence-corrected chi connectivity index (χ2v) is 6.68. The SMILES string of the molecule is Cc1ccc2cnn(CC(=O)N[C@@H](C)c3cccc4ccccc34)c(=O)n12. The van der Waals surface area contributed by atoms with Gasteiger partial charge in [-0.1, -0.05) is 42.5 Å². The van der Waals surface area contributed by atoms with Crippen LogP contribution in [0.5, 0.6) is 0 Å². The van der Waals surface area contributed by atoms with Gasteiger partial charge in [0.15, 0.2) is 0 Å². The molecule has 0 saturated carbocycles. The van der Waals surface area contributed by atoms with Crippen LogP contribution >= 0.6 is 0 Å². The average molecular weight is 360 g/mol. The van der Waals surface area contributed by atoms with Crippen molar-refractivity contribution >= 4 is 22.2 Å². The fraction of sp³-hybridized carbons (Fsp3) is 0.190. The number of nitrogens with zero attached hydrogens (tertiary/aromatic N) is 3. The molecule has 1 amide bonds. The molecule has 4 aromatic rings. The van der Waals surface area contributed by atoms with E-state index in [9.17, 15) is 9.59 Å². The number of aryl methyl sites for hydroxylation is 1. The summed E-state index contributed by atoms with van der Waals surface area (Å²) in [5.74, 6) is -0.255. The number of amides is 1. The quantitative estimate of drug-likeness (QED) is 0.608. The largest absolute Gasteiger partial charge is 0.349 e. The van der Waals surface area contributed by atoms with E-state index in [0.29, 0.717) is 0 Å². The predicted octanol–water partition coefficient (Wildman–Crippen LogP) is 2.84. The molecule has 0 spiro atoms. The molecule has 2 aromatic carbocycles. The minimum absolute atomic E-state index is 0.124. The number of nitrogens with one attached hydrogen (secondary N) is 1. The van der Waals surface area contributed by atoms with E-state index in [2.05, 4.69) is 10.4 Å². The number of benzene rings is 2. The summed E-state index contributed by atoms with van der Waals surface area (Å²) in [7, 11) is 0. The molecule has 0 aliphatic rings. The summed E-state index contributed by atoms with van der Waals surface area (Å²) >= 11 is 0. The summed E-state index contributed by atoms with van der Waals surface area (Å²) in [4.78, 5) is 25.1. The molecule has 0 unspecified atom stereocenters. The molecule has 136 valence electrons. The van der Waals surface area contributed by atoms with Crippen LogP contribution in [-0.2, 0) is 11.3 Å². The van der Waals surface area contributed by atoms with Gasteiger partial charge in [0.2, 0.25) is 5.91 Å². The molecule has 2 heterocycles. The van der Waals surface area contributed by atoms with Gasteiger partial charge in [-0.05, 0) is 42.3 Å². The Morgan fingerprint density at radius 2 is 1.89 bits per heavy atom. The predicted molar refractivity (Wildman–Crippen MR) is 105 cm³/mol. The lowest BCUT2D eigenvalue weighted by Crippen LogP contribution is -2.37. The molecule has 6 heteroatoms. The molecule has 0 bridgehead atoms. The number of aromatic nitrogens is 3. The molecule has 0 fully saturated rings. The van der Waals surface area contributed by atoms with E-state index in [4.69, 9.17) is 0 Å². The second-order valence-electron chi connectivity index (χ2n) is 6.68. The zero-order valence-corrected chi connectivity index (χ0v) is 15.2. The Morgan fingerprint density at radius 3 is 2.74 bits per heavy atom. The lowest BCUT2D eigenvalue weighted by molar-refractivity contribution is -0.122. The number of carbonyl (C=O) groups is 1. The first-order valence-electron chi connectivity index (χ1n) is 8.86. The van der Waals surface area contributed by atoms with Gasteiger partial charge in [-0.15, -0.1) is 0 Å². The maximum absolute atomic E-state index is 12.6. The van der Waals surface area contributed by atoms with Gasteiger partial charge in [-0.25, -0.2) is 9.48 Å². The minimum Gasteiger partial charge on any atom is -0.348 e. The number of carbonyl (C=O) groups excluding carboxylic acids is 1. The normalized spacial score (nSPS) is 12.4. The molecule has 0 saturated heterocycles. The van der Waals surface area contributed by atoms with Crippen molar-refractivity contribution < 1.29 is 4.79 Å². The monoisotopic (exact) mass is 360 g/mol. The van der Waals surface area contributed by atoms with Crippen LogP contribution in [0.15, 0.2) is 65.6 Å². The summed E-state index contributed by atoms with van der Waals surface area (Å²) in [6, 6.07) is 17.6. The Balaban J connectivity index is 1.57. The van der Waals surface area contributed by atoms with Crippen molar-refractivity contribution in [3.8, 4) is 0 Å². The highest BCUT2D eigenvalue weighted by atomic mass is 16.2. The summed E-state index contributed by atoms with van der Waals surface area (Å²) < 4.78 is 2.74. The Kier molecular flexibility index (Phi) is 4.24. The minimum atomic E-state index is -0.317. The fourth-order valence-electron chi connectivity index (χ4n) is 3.45. The van der Waals surface area contributed by atoms with Crippen LogP contribution in [0.2, 0.25) is 0 Å². The van der Waals surface area contributed by atoms with Crippen molar-refractivity contribution in [1.29, 1.82) is 0 Å². The number of fused-ring (bicyclic) bond motifs is 2. The summed E-state index contributed by atoms with van der Waals surface area (Å²) in [5, 5.41) is 9.32.